The molecular weight excluding hydrogens is 282 g/mol. The lowest BCUT2D eigenvalue weighted by Crippen LogP contribution is -2.06. The molecule has 1 atom stereocenters. The second-order valence-corrected chi connectivity index (χ2v) is 5.80. The Bertz CT molecular complexity index is 513. The molecule has 0 bridgehead atoms. The molecule has 1 N–H and O–H groups in total. The van der Waals surface area contributed by atoms with Gasteiger partial charge in [0, 0.05) is 5.56 Å². The van der Waals surface area contributed by atoms with Crippen LogP contribution in [0.4, 0.5) is 10.1 Å². The second-order valence-electron chi connectivity index (χ2n) is 3.52. The first kappa shape index (κ1) is 12.6. The monoisotopic (exact) mass is 290 g/mol. The van der Waals surface area contributed by atoms with Gasteiger partial charge in [0.1, 0.15) is 0 Å². The maximum absolute atomic E-state index is 12.6. The number of thiophene rings is 1. The molecule has 2 nitrogen and oxygen atoms in total. The van der Waals surface area contributed by atoms with Gasteiger partial charge in [-0.25, -0.2) is 4.98 Å². The van der Waals surface area contributed by atoms with Gasteiger partial charge in [-0.1, -0.05) is 23.2 Å². The summed E-state index contributed by atoms with van der Waals surface area (Å²) in [5, 5.41) is 3.17. The molecule has 0 aliphatic heterocycles. The molecule has 0 fully saturated rings. The van der Waals surface area contributed by atoms with E-state index in [0.29, 0.717) is 8.67 Å². The maximum Gasteiger partial charge on any atom is 0.212 e. The van der Waals surface area contributed by atoms with Gasteiger partial charge in [-0.15, -0.1) is 11.3 Å². The minimum Gasteiger partial charge on any atom is -0.377 e. The average molecular weight is 291 g/mol. The number of hydrogen-bond acceptors (Lipinski definition) is 3. The molecule has 6 heteroatoms. The van der Waals surface area contributed by atoms with Gasteiger partial charge in [0.15, 0.2) is 0 Å². The standard InChI is InChI=1S/C11H9Cl2FN2S/c1-6(8-4-9(12)17-11(8)13)16-7-2-3-10(14)15-5-7/h2-6,16H,1H3. The van der Waals surface area contributed by atoms with Crippen LogP contribution in [-0.2, 0) is 0 Å². The van der Waals surface area contributed by atoms with Crippen LogP contribution in [0.15, 0.2) is 24.4 Å². The van der Waals surface area contributed by atoms with Crippen molar-refractivity contribution in [1.29, 1.82) is 0 Å². The van der Waals surface area contributed by atoms with Crippen molar-refractivity contribution < 1.29 is 4.39 Å². The van der Waals surface area contributed by atoms with E-state index in [4.69, 9.17) is 23.2 Å². The maximum atomic E-state index is 12.6. The van der Waals surface area contributed by atoms with Crippen molar-refractivity contribution in [2.24, 2.45) is 0 Å². The Balaban J connectivity index is 2.14. The summed E-state index contributed by atoms with van der Waals surface area (Å²) in [4.78, 5) is 3.57. The van der Waals surface area contributed by atoms with Crippen LogP contribution >= 0.6 is 34.5 Å². The van der Waals surface area contributed by atoms with Crippen molar-refractivity contribution in [3.63, 3.8) is 0 Å². The molecule has 0 aromatic carbocycles. The molecule has 0 radical (unpaired) electrons. The largest absolute Gasteiger partial charge is 0.377 e. The third-order valence-electron chi connectivity index (χ3n) is 2.26. The Morgan fingerprint density at radius 3 is 2.71 bits per heavy atom. The topological polar surface area (TPSA) is 24.9 Å². The van der Waals surface area contributed by atoms with Gasteiger partial charge in [-0.2, -0.15) is 4.39 Å². The first-order chi connectivity index (χ1) is 8.06. The highest BCUT2D eigenvalue weighted by Gasteiger charge is 2.13. The normalized spacial score (nSPS) is 12.5. The summed E-state index contributed by atoms with van der Waals surface area (Å²) in [6.07, 6.45) is 1.44. The minimum absolute atomic E-state index is 0.0153. The van der Waals surface area contributed by atoms with E-state index in [2.05, 4.69) is 10.3 Å². The second kappa shape index (κ2) is 5.21. The number of nitrogens with one attached hydrogen (secondary N) is 1. The highest BCUT2D eigenvalue weighted by molar-refractivity contribution is 7.20. The highest BCUT2D eigenvalue weighted by atomic mass is 35.5. The Kier molecular flexibility index (Phi) is 3.86. The Morgan fingerprint density at radius 2 is 2.18 bits per heavy atom. The smallest absolute Gasteiger partial charge is 0.212 e. The van der Waals surface area contributed by atoms with Crippen molar-refractivity contribution in [3.05, 3.63) is 44.6 Å². The molecule has 0 spiro atoms. The lowest BCUT2D eigenvalue weighted by Gasteiger charge is -2.14. The van der Waals surface area contributed by atoms with E-state index < -0.39 is 5.95 Å². The zero-order valence-electron chi connectivity index (χ0n) is 8.88. The zero-order chi connectivity index (χ0) is 12.4. The lowest BCUT2D eigenvalue weighted by atomic mass is 10.2. The fourth-order valence-corrected chi connectivity index (χ4v) is 3.08. The molecule has 2 aromatic rings. The SMILES string of the molecule is CC(Nc1ccc(F)nc1)c1cc(Cl)sc1Cl. The minimum atomic E-state index is -0.500. The predicted molar refractivity (Wildman–Crippen MR) is 70.6 cm³/mol. The van der Waals surface area contributed by atoms with Gasteiger partial charge in [-0.3, -0.25) is 0 Å². The van der Waals surface area contributed by atoms with Gasteiger partial charge in [0.25, 0.3) is 0 Å². The quantitative estimate of drug-likeness (QED) is 0.824. The third kappa shape index (κ3) is 3.09. The van der Waals surface area contributed by atoms with Gasteiger partial charge >= 0.3 is 0 Å². The van der Waals surface area contributed by atoms with Crippen LogP contribution in [0.3, 0.4) is 0 Å². The van der Waals surface area contributed by atoms with Crippen LogP contribution in [-0.4, -0.2) is 4.98 Å². The first-order valence-corrected chi connectivity index (χ1v) is 6.46. The van der Waals surface area contributed by atoms with Crippen molar-refractivity contribution in [1.82, 2.24) is 4.98 Å². The molecule has 2 heterocycles. The summed E-state index contributed by atoms with van der Waals surface area (Å²) in [7, 11) is 0. The van der Waals surface area contributed by atoms with E-state index in [9.17, 15) is 4.39 Å². The van der Waals surface area contributed by atoms with Crippen LogP contribution in [0, 0.1) is 5.95 Å². The van der Waals surface area contributed by atoms with Crippen LogP contribution in [0.1, 0.15) is 18.5 Å². The van der Waals surface area contributed by atoms with Gasteiger partial charge < -0.3 is 5.32 Å². The lowest BCUT2D eigenvalue weighted by molar-refractivity contribution is 0.584. The molecule has 0 saturated carbocycles. The zero-order valence-corrected chi connectivity index (χ0v) is 11.2. The first-order valence-electron chi connectivity index (χ1n) is 4.89. The number of anilines is 1. The van der Waals surface area contributed by atoms with Gasteiger partial charge in [0.05, 0.1) is 26.6 Å². The Labute approximate surface area is 112 Å². The Hall–Kier alpha value is -0.840. The molecule has 2 rings (SSSR count). The summed E-state index contributed by atoms with van der Waals surface area (Å²) >= 11 is 13.3. The van der Waals surface area contributed by atoms with Crippen molar-refractivity contribution >= 4 is 40.2 Å². The fraction of sp³-hybridized carbons (Fsp3) is 0.182. The van der Waals surface area contributed by atoms with E-state index in [0.717, 1.165) is 11.3 Å². The number of nitrogens with zero attached hydrogens (tertiary/aromatic N) is 1. The number of halogens is 3. The molecule has 0 amide bonds. The van der Waals surface area contributed by atoms with Gasteiger partial charge in [-0.05, 0) is 25.1 Å². The Morgan fingerprint density at radius 1 is 1.41 bits per heavy atom. The molecular formula is C11H9Cl2FN2S. The highest BCUT2D eigenvalue weighted by Crippen LogP contribution is 2.35. The van der Waals surface area contributed by atoms with Crippen LogP contribution < -0.4 is 5.32 Å². The fourth-order valence-electron chi connectivity index (χ4n) is 1.44. The van der Waals surface area contributed by atoms with Crippen LogP contribution in [0.5, 0.6) is 0 Å². The number of aromatic nitrogens is 1. The number of pyridine rings is 1. The molecule has 0 aliphatic rings. The van der Waals surface area contributed by atoms with Gasteiger partial charge in [0.2, 0.25) is 5.95 Å². The molecule has 90 valence electrons. The number of hydrogen-bond donors (Lipinski definition) is 1. The number of rotatable bonds is 3. The van der Waals surface area contributed by atoms with E-state index in [-0.39, 0.29) is 6.04 Å². The van der Waals surface area contributed by atoms with Crippen molar-refractivity contribution in [3.8, 4) is 0 Å². The summed E-state index contributed by atoms with van der Waals surface area (Å²) in [5.41, 5.74) is 1.66. The van der Waals surface area contributed by atoms with E-state index in [1.807, 2.05) is 13.0 Å². The van der Waals surface area contributed by atoms with E-state index >= 15 is 0 Å². The summed E-state index contributed by atoms with van der Waals surface area (Å²) in [6, 6.07) is 4.74. The summed E-state index contributed by atoms with van der Waals surface area (Å²) < 4.78 is 13.9. The van der Waals surface area contributed by atoms with Crippen LogP contribution in [0.25, 0.3) is 0 Å². The van der Waals surface area contributed by atoms with Crippen molar-refractivity contribution in [2.45, 2.75) is 13.0 Å². The van der Waals surface area contributed by atoms with Crippen molar-refractivity contribution in [2.75, 3.05) is 5.32 Å². The summed E-state index contributed by atoms with van der Waals surface area (Å²) in [5.74, 6) is -0.500. The molecule has 0 aliphatic carbocycles. The van der Waals surface area contributed by atoms with E-state index in [1.54, 1.807) is 6.07 Å². The predicted octanol–water partition coefficient (Wildman–Crippen LogP) is 4.76. The molecule has 0 saturated heterocycles. The summed E-state index contributed by atoms with van der Waals surface area (Å²) in [6.45, 7) is 1.95. The molecule has 2 aromatic heterocycles. The molecule has 1 unspecified atom stereocenters. The average Bonchev–Trinajstić information content (AvgIpc) is 2.61. The van der Waals surface area contributed by atoms with Crippen LogP contribution in [0.2, 0.25) is 8.67 Å². The third-order valence-corrected chi connectivity index (χ3v) is 3.78. The van der Waals surface area contributed by atoms with E-state index in [1.165, 1.54) is 23.6 Å². The molecule has 17 heavy (non-hydrogen) atoms.